The maximum Gasteiger partial charge on any atom is 0.251 e. The molecule has 0 aliphatic heterocycles. The molecule has 0 atom stereocenters. The molecular weight excluding hydrogens is 330 g/mol. The summed E-state index contributed by atoms with van der Waals surface area (Å²) in [6.45, 7) is 3.31. The number of nitrogens with zero attached hydrogens (tertiary/aromatic N) is 1. The van der Waals surface area contributed by atoms with Crippen LogP contribution in [0.15, 0.2) is 48.5 Å². The second-order valence-corrected chi connectivity index (χ2v) is 6.24. The Morgan fingerprint density at radius 2 is 1.81 bits per heavy atom. The molecule has 0 unspecified atom stereocenters. The van der Waals surface area contributed by atoms with Gasteiger partial charge in [-0.25, -0.2) is 0 Å². The average Bonchev–Trinajstić information content (AvgIpc) is 2.60. The van der Waals surface area contributed by atoms with E-state index in [0.717, 1.165) is 17.9 Å². The molecule has 0 bridgehead atoms. The lowest BCUT2D eigenvalue weighted by Gasteiger charge is -2.12. The lowest BCUT2D eigenvalue weighted by atomic mass is 10.1. The number of carbonyl (C=O) groups excluding carboxylic acids is 2. The van der Waals surface area contributed by atoms with Crippen LogP contribution in [0.4, 0.5) is 5.69 Å². The lowest BCUT2D eigenvalue weighted by Crippen LogP contribution is -2.23. The number of hydrogen-bond donors (Lipinski definition) is 2. The molecule has 2 rings (SSSR count). The standard InChI is InChI=1S/C20H25N3O3/c1-15(24)22-18-9-7-17(8-10-18)20(25)21-14-16-5-4-6-19(13-16)26-12-11-23(2)3/h4-10,13H,11-12,14H2,1-3H3,(H,21,25)(H,22,24). The summed E-state index contributed by atoms with van der Waals surface area (Å²) in [4.78, 5) is 25.3. The molecule has 2 aromatic carbocycles. The molecule has 0 fully saturated rings. The minimum absolute atomic E-state index is 0.144. The van der Waals surface area contributed by atoms with Crippen LogP contribution in [-0.2, 0) is 11.3 Å². The summed E-state index contributed by atoms with van der Waals surface area (Å²) in [5.41, 5.74) is 2.17. The van der Waals surface area contributed by atoms with Crippen LogP contribution in [0.25, 0.3) is 0 Å². The fourth-order valence-electron chi connectivity index (χ4n) is 2.28. The number of ether oxygens (including phenoxy) is 1. The van der Waals surface area contributed by atoms with Crippen LogP contribution in [0.2, 0.25) is 0 Å². The number of nitrogens with one attached hydrogen (secondary N) is 2. The summed E-state index contributed by atoms with van der Waals surface area (Å²) >= 11 is 0. The maximum atomic E-state index is 12.2. The molecule has 0 spiro atoms. The van der Waals surface area contributed by atoms with E-state index < -0.39 is 0 Å². The van der Waals surface area contributed by atoms with Gasteiger partial charge in [0.05, 0.1) is 0 Å². The Kier molecular flexibility index (Phi) is 7.17. The Bertz CT molecular complexity index is 742. The predicted molar refractivity (Wildman–Crippen MR) is 102 cm³/mol. The first-order chi connectivity index (χ1) is 12.4. The van der Waals surface area contributed by atoms with Gasteiger partial charge in [0.25, 0.3) is 5.91 Å². The zero-order valence-electron chi connectivity index (χ0n) is 15.4. The number of rotatable bonds is 8. The highest BCUT2D eigenvalue weighted by atomic mass is 16.5. The maximum absolute atomic E-state index is 12.2. The van der Waals surface area contributed by atoms with Crippen LogP contribution in [-0.4, -0.2) is 44.0 Å². The molecular formula is C20H25N3O3. The normalized spacial score (nSPS) is 10.5. The number of carbonyl (C=O) groups is 2. The molecule has 0 saturated heterocycles. The van der Waals surface area contributed by atoms with E-state index in [1.165, 1.54) is 6.92 Å². The number of anilines is 1. The first kappa shape index (κ1) is 19.5. The lowest BCUT2D eigenvalue weighted by molar-refractivity contribution is -0.114. The molecule has 6 nitrogen and oxygen atoms in total. The molecule has 138 valence electrons. The fraction of sp³-hybridized carbons (Fsp3) is 0.300. The van der Waals surface area contributed by atoms with Gasteiger partial charge in [0.1, 0.15) is 12.4 Å². The van der Waals surface area contributed by atoms with Gasteiger partial charge in [-0.1, -0.05) is 12.1 Å². The quantitative estimate of drug-likeness (QED) is 0.763. The topological polar surface area (TPSA) is 70.7 Å². The van der Waals surface area contributed by atoms with Crippen molar-refractivity contribution in [2.45, 2.75) is 13.5 Å². The third-order valence-electron chi connectivity index (χ3n) is 3.63. The van der Waals surface area contributed by atoms with E-state index >= 15 is 0 Å². The number of hydrogen-bond acceptors (Lipinski definition) is 4. The van der Waals surface area contributed by atoms with Crippen molar-refractivity contribution in [3.8, 4) is 5.75 Å². The third kappa shape index (κ3) is 6.57. The summed E-state index contributed by atoms with van der Waals surface area (Å²) in [5.74, 6) is 0.478. The van der Waals surface area contributed by atoms with Crippen LogP contribution in [0, 0.1) is 0 Å². The third-order valence-corrected chi connectivity index (χ3v) is 3.63. The number of amides is 2. The highest BCUT2D eigenvalue weighted by molar-refractivity contribution is 5.95. The molecule has 0 saturated carbocycles. The molecule has 0 radical (unpaired) electrons. The molecule has 0 aromatic heterocycles. The van der Waals surface area contributed by atoms with Crippen molar-refractivity contribution in [2.75, 3.05) is 32.6 Å². The van der Waals surface area contributed by atoms with Gasteiger partial charge in [-0.3, -0.25) is 9.59 Å². The van der Waals surface area contributed by atoms with Gasteiger partial charge in [-0.2, -0.15) is 0 Å². The zero-order chi connectivity index (χ0) is 18.9. The number of benzene rings is 2. The van der Waals surface area contributed by atoms with E-state index in [4.69, 9.17) is 4.74 Å². The van der Waals surface area contributed by atoms with Crippen molar-refractivity contribution >= 4 is 17.5 Å². The van der Waals surface area contributed by atoms with E-state index in [0.29, 0.717) is 24.4 Å². The molecule has 2 amide bonds. The molecule has 6 heteroatoms. The Morgan fingerprint density at radius 3 is 2.46 bits per heavy atom. The molecule has 2 aromatic rings. The van der Waals surface area contributed by atoms with Crippen LogP contribution in [0.1, 0.15) is 22.8 Å². The second kappa shape index (κ2) is 9.58. The Labute approximate surface area is 154 Å². The van der Waals surface area contributed by atoms with Crippen molar-refractivity contribution in [2.24, 2.45) is 0 Å². The van der Waals surface area contributed by atoms with Crippen LogP contribution >= 0.6 is 0 Å². The average molecular weight is 355 g/mol. The summed E-state index contributed by atoms with van der Waals surface area (Å²) in [6.07, 6.45) is 0. The Hall–Kier alpha value is -2.86. The highest BCUT2D eigenvalue weighted by Crippen LogP contribution is 2.14. The van der Waals surface area contributed by atoms with Crippen LogP contribution in [0.3, 0.4) is 0 Å². The molecule has 2 N–H and O–H groups in total. The first-order valence-corrected chi connectivity index (χ1v) is 8.46. The molecule has 0 heterocycles. The van der Waals surface area contributed by atoms with Crippen LogP contribution in [0.5, 0.6) is 5.75 Å². The van der Waals surface area contributed by atoms with Gasteiger partial charge in [-0.05, 0) is 56.1 Å². The van der Waals surface area contributed by atoms with Crippen molar-refractivity contribution < 1.29 is 14.3 Å². The Morgan fingerprint density at radius 1 is 1.08 bits per heavy atom. The highest BCUT2D eigenvalue weighted by Gasteiger charge is 2.06. The Balaban J connectivity index is 1.87. The second-order valence-electron chi connectivity index (χ2n) is 6.24. The zero-order valence-corrected chi connectivity index (χ0v) is 15.4. The monoisotopic (exact) mass is 355 g/mol. The SMILES string of the molecule is CC(=O)Nc1ccc(C(=O)NCc2cccc(OCCN(C)C)c2)cc1. The van der Waals surface area contributed by atoms with E-state index in [1.54, 1.807) is 24.3 Å². The predicted octanol–water partition coefficient (Wildman–Crippen LogP) is 2.52. The summed E-state index contributed by atoms with van der Waals surface area (Å²) in [5, 5.41) is 5.56. The first-order valence-electron chi connectivity index (χ1n) is 8.46. The van der Waals surface area contributed by atoms with E-state index in [1.807, 2.05) is 38.4 Å². The van der Waals surface area contributed by atoms with Crippen molar-refractivity contribution in [1.82, 2.24) is 10.2 Å². The van der Waals surface area contributed by atoms with Gasteiger partial charge < -0.3 is 20.3 Å². The minimum Gasteiger partial charge on any atom is -0.492 e. The van der Waals surface area contributed by atoms with E-state index in [9.17, 15) is 9.59 Å². The molecule has 0 aliphatic carbocycles. The van der Waals surface area contributed by atoms with Gasteiger partial charge in [-0.15, -0.1) is 0 Å². The fourth-order valence-corrected chi connectivity index (χ4v) is 2.28. The van der Waals surface area contributed by atoms with Crippen molar-refractivity contribution in [1.29, 1.82) is 0 Å². The van der Waals surface area contributed by atoms with Gasteiger partial charge in [0, 0.05) is 31.3 Å². The molecule has 26 heavy (non-hydrogen) atoms. The van der Waals surface area contributed by atoms with Crippen molar-refractivity contribution in [3.05, 3.63) is 59.7 Å². The number of likely N-dealkylation sites (N-methyl/N-ethyl adjacent to an activating group) is 1. The van der Waals surface area contributed by atoms with E-state index in [-0.39, 0.29) is 11.8 Å². The minimum atomic E-state index is -0.168. The molecule has 0 aliphatic rings. The summed E-state index contributed by atoms with van der Waals surface area (Å²) in [7, 11) is 4.00. The largest absolute Gasteiger partial charge is 0.492 e. The van der Waals surface area contributed by atoms with Crippen molar-refractivity contribution in [3.63, 3.8) is 0 Å². The van der Waals surface area contributed by atoms with E-state index in [2.05, 4.69) is 15.5 Å². The van der Waals surface area contributed by atoms with Crippen LogP contribution < -0.4 is 15.4 Å². The van der Waals surface area contributed by atoms with Gasteiger partial charge >= 0.3 is 0 Å². The van der Waals surface area contributed by atoms with Gasteiger partial charge in [0.15, 0.2) is 0 Å². The van der Waals surface area contributed by atoms with Gasteiger partial charge in [0.2, 0.25) is 5.91 Å². The summed E-state index contributed by atoms with van der Waals surface area (Å²) < 4.78 is 5.70. The smallest absolute Gasteiger partial charge is 0.251 e. The summed E-state index contributed by atoms with van der Waals surface area (Å²) in [6, 6.07) is 14.5.